The topological polar surface area (TPSA) is 53.1 Å². The first-order chi connectivity index (χ1) is 8.58. The summed E-state index contributed by atoms with van der Waals surface area (Å²) in [5.74, 6) is 1.76. The number of rotatable bonds is 4. The van der Waals surface area contributed by atoms with Crippen molar-refractivity contribution in [1.29, 1.82) is 0 Å². The van der Waals surface area contributed by atoms with Crippen LogP contribution in [0, 0.1) is 6.92 Å². The van der Waals surface area contributed by atoms with E-state index in [0.717, 1.165) is 28.0 Å². The summed E-state index contributed by atoms with van der Waals surface area (Å²) in [6.07, 6.45) is 4.47. The predicted octanol–water partition coefficient (Wildman–Crippen LogP) is 2.69. The van der Waals surface area contributed by atoms with Crippen molar-refractivity contribution in [1.82, 2.24) is 9.55 Å². The molecule has 0 aliphatic heterocycles. The van der Waals surface area contributed by atoms with Crippen molar-refractivity contribution < 1.29 is 4.74 Å². The number of nitrogens with two attached hydrogens (primary N) is 1. The Kier molecular flexibility index (Phi) is 3.91. The highest BCUT2D eigenvalue weighted by Gasteiger charge is 2.07. The van der Waals surface area contributed by atoms with Crippen LogP contribution in [-0.4, -0.2) is 16.2 Å². The monoisotopic (exact) mass is 309 g/mol. The second-order valence-electron chi connectivity index (χ2n) is 4.19. The third-order valence-electron chi connectivity index (χ3n) is 2.76. The minimum atomic E-state index is 0.567. The molecule has 18 heavy (non-hydrogen) atoms. The van der Waals surface area contributed by atoms with Crippen molar-refractivity contribution in [3.05, 3.63) is 40.4 Å². The zero-order valence-electron chi connectivity index (χ0n) is 10.5. The lowest BCUT2D eigenvalue weighted by Gasteiger charge is -2.12. The largest absolute Gasteiger partial charge is 0.491 e. The van der Waals surface area contributed by atoms with E-state index >= 15 is 0 Å². The highest BCUT2D eigenvalue weighted by molar-refractivity contribution is 9.10. The molecule has 0 fully saturated rings. The lowest BCUT2D eigenvalue weighted by Crippen LogP contribution is -2.08. The molecule has 0 saturated carbocycles. The van der Waals surface area contributed by atoms with Crippen LogP contribution in [0.5, 0.6) is 5.75 Å². The molecule has 96 valence electrons. The molecule has 1 aromatic heterocycles. The van der Waals surface area contributed by atoms with Gasteiger partial charge in [0.15, 0.2) is 0 Å². The molecule has 0 unspecified atom stereocenters. The Morgan fingerprint density at radius 2 is 2.22 bits per heavy atom. The van der Waals surface area contributed by atoms with E-state index in [1.165, 1.54) is 0 Å². The summed E-state index contributed by atoms with van der Waals surface area (Å²) >= 11 is 3.41. The van der Waals surface area contributed by atoms with Crippen LogP contribution in [-0.2, 0) is 13.5 Å². The second-order valence-corrected chi connectivity index (χ2v) is 5.11. The average molecular weight is 310 g/mol. The van der Waals surface area contributed by atoms with Crippen molar-refractivity contribution in [2.75, 3.05) is 12.3 Å². The smallest absolute Gasteiger partial charge is 0.145 e. The number of aromatic nitrogens is 2. The molecule has 0 radical (unpaired) electrons. The van der Waals surface area contributed by atoms with Crippen molar-refractivity contribution in [2.45, 2.75) is 13.3 Å². The van der Waals surface area contributed by atoms with E-state index in [1.54, 1.807) is 6.20 Å². The van der Waals surface area contributed by atoms with Gasteiger partial charge in [-0.25, -0.2) is 4.98 Å². The maximum atomic E-state index is 5.94. The fourth-order valence-electron chi connectivity index (χ4n) is 1.83. The van der Waals surface area contributed by atoms with E-state index in [2.05, 4.69) is 20.9 Å². The molecule has 0 saturated heterocycles. The van der Waals surface area contributed by atoms with Gasteiger partial charge in [0, 0.05) is 30.3 Å². The van der Waals surface area contributed by atoms with Crippen LogP contribution in [0.2, 0.25) is 0 Å². The maximum absolute atomic E-state index is 5.94. The lowest BCUT2D eigenvalue weighted by atomic mass is 10.2. The van der Waals surface area contributed by atoms with Gasteiger partial charge in [-0.3, -0.25) is 0 Å². The van der Waals surface area contributed by atoms with Crippen molar-refractivity contribution in [2.24, 2.45) is 7.05 Å². The van der Waals surface area contributed by atoms with Crippen LogP contribution in [0.25, 0.3) is 0 Å². The van der Waals surface area contributed by atoms with Gasteiger partial charge in [-0.15, -0.1) is 0 Å². The number of benzene rings is 1. The highest BCUT2D eigenvalue weighted by atomic mass is 79.9. The van der Waals surface area contributed by atoms with Gasteiger partial charge in [0.2, 0.25) is 0 Å². The number of imidazole rings is 1. The molecule has 0 aliphatic rings. The first-order valence-corrected chi connectivity index (χ1v) is 6.52. The standard InChI is InChI=1S/C13H16BrN3O/c1-9-7-10(14)8-11(15)13(9)18-6-3-12-16-4-5-17(12)2/h4-5,7-8H,3,6,15H2,1-2H3. The Morgan fingerprint density at radius 1 is 1.44 bits per heavy atom. The Hall–Kier alpha value is -1.49. The normalized spacial score (nSPS) is 10.6. The SMILES string of the molecule is Cc1cc(Br)cc(N)c1OCCc1nccn1C. The van der Waals surface area contributed by atoms with Gasteiger partial charge in [-0.2, -0.15) is 0 Å². The first-order valence-electron chi connectivity index (χ1n) is 5.72. The number of halogens is 1. The highest BCUT2D eigenvalue weighted by Crippen LogP contribution is 2.30. The van der Waals surface area contributed by atoms with E-state index in [1.807, 2.05) is 36.9 Å². The van der Waals surface area contributed by atoms with Gasteiger partial charge in [0.1, 0.15) is 11.6 Å². The number of nitrogen functional groups attached to an aromatic ring is 1. The van der Waals surface area contributed by atoms with Crippen molar-refractivity contribution >= 4 is 21.6 Å². The Labute approximate surface area is 115 Å². The summed E-state index contributed by atoms with van der Waals surface area (Å²) in [6, 6.07) is 3.84. The minimum Gasteiger partial charge on any atom is -0.491 e. The summed E-state index contributed by atoms with van der Waals surface area (Å²) in [5.41, 5.74) is 7.62. The number of hydrogen-bond donors (Lipinski definition) is 1. The Balaban J connectivity index is 2.01. The van der Waals surface area contributed by atoms with Gasteiger partial charge >= 0.3 is 0 Å². The molecular formula is C13H16BrN3O. The second kappa shape index (κ2) is 5.44. The molecule has 2 rings (SSSR count). The fourth-order valence-corrected chi connectivity index (χ4v) is 2.42. The summed E-state index contributed by atoms with van der Waals surface area (Å²) in [4.78, 5) is 4.25. The molecule has 1 aromatic carbocycles. The average Bonchev–Trinajstić information content (AvgIpc) is 2.68. The molecule has 0 spiro atoms. The molecule has 2 N–H and O–H groups in total. The fraction of sp³-hybridized carbons (Fsp3) is 0.308. The number of hydrogen-bond acceptors (Lipinski definition) is 3. The number of nitrogens with zero attached hydrogens (tertiary/aromatic N) is 2. The van der Waals surface area contributed by atoms with E-state index < -0.39 is 0 Å². The minimum absolute atomic E-state index is 0.567. The van der Waals surface area contributed by atoms with Crippen molar-refractivity contribution in [3.63, 3.8) is 0 Å². The molecule has 0 amide bonds. The predicted molar refractivity (Wildman–Crippen MR) is 75.7 cm³/mol. The zero-order chi connectivity index (χ0) is 13.1. The molecule has 0 aliphatic carbocycles. The van der Waals surface area contributed by atoms with Gasteiger partial charge in [-0.1, -0.05) is 15.9 Å². The lowest BCUT2D eigenvalue weighted by molar-refractivity contribution is 0.317. The van der Waals surface area contributed by atoms with Crippen molar-refractivity contribution in [3.8, 4) is 5.75 Å². The molecular weight excluding hydrogens is 294 g/mol. The van der Waals surface area contributed by atoms with Crippen LogP contribution in [0.3, 0.4) is 0 Å². The third-order valence-corrected chi connectivity index (χ3v) is 3.22. The van der Waals surface area contributed by atoms with Gasteiger partial charge in [-0.05, 0) is 24.6 Å². The number of aryl methyl sites for hydroxylation is 2. The molecule has 2 aromatic rings. The van der Waals surface area contributed by atoms with Crippen LogP contribution in [0.15, 0.2) is 29.0 Å². The van der Waals surface area contributed by atoms with Gasteiger partial charge in [0.25, 0.3) is 0 Å². The Morgan fingerprint density at radius 3 is 2.83 bits per heavy atom. The summed E-state index contributed by atoms with van der Waals surface area (Å²) in [7, 11) is 1.97. The molecule has 0 atom stereocenters. The Bertz CT molecular complexity index is 528. The molecule has 1 heterocycles. The maximum Gasteiger partial charge on any atom is 0.145 e. The number of anilines is 1. The molecule has 5 heteroatoms. The quantitative estimate of drug-likeness (QED) is 0.883. The first kappa shape index (κ1) is 13.0. The molecule has 0 bridgehead atoms. The van der Waals surface area contributed by atoms with E-state index in [9.17, 15) is 0 Å². The third kappa shape index (κ3) is 2.85. The summed E-state index contributed by atoms with van der Waals surface area (Å²) in [5, 5.41) is 0. The van der Waals surface area contributed by atoms with Crippen LogP contribution in [0.4, 0.5) is 5.69 Å². The molecule has 4 nitrogen and oxygen atoms in total. The van der Waals surface area contributed by atoms with E-state index in [4.69, 9.17) is 10.5 Å². The van der Waals surface area contributed by atoms with Crippen LogP contribution < -0.4 is 10.5 Å². The van der Waals surface area contributed by atoms with Crippen LogP contribution in [0.1, 0.15) is 11.4 Å². The van der Waals surface area contributed by atoms with E-state index in [0.29, 0.717) is 12.3 Å². The van der Waals surface area contributed by atoms with Gasteiger partial charge < -0.3 is 15.0 Å². The van der Waals surface area contributed by atoms with Crippen LogP contribution >= 0.6 is 15.9 Å². The van der Waals surface area contributed by atoms with E-state index in [-0.39, 0.29) is 0 Å². The summed E-state index contributed by atoms with van der Waals surface area (Å²) in [6.45, 7) is 2.55. The van der Waals surface area contributed by atoms with Gasteiger partial charge in [0.05, 0.1) is 12.3 Å². The number of ether oxygens (including phenoxy) is 1. The summed E-state index contributed by atoms with van der Waals surface area (Å²) < 4.78 is 8.71. The zero-order valence-corrected chi connectivity index (χ0v) is 12.1.